The van der Waals surface area contributed by atoms with Gasteiger partial charge in [0, 0.05) is 5.56 Å². The lowest BCUT2D eigenvalue weighted by Gasteiger charge is -2.13. The third kappa shape index (κ3) is 2.74. The number of carbonyl (C=O) groups is 1. The van der Waals surface area contributed by atoms with E-state index in [0.29, 0.717) is 17.7 Å². The van der Waals surface area contributed by atoms with Crippen molar-refractivity contribution in [3.8, 4) is 11.3 Å². The van der Waals surface area contributed by atoms with Crippen LogP contribution in [0.4, 0.5) is 4.39 Å². The van der Waals surface area contributed by atoms with Crippen LogP contribution in [0.1, 0.15) is 23.0 Å². The lowest BCUT2D eigenvalue weighted by atomic mass is 10.1. The van der Waals surface area contributed by atoms with Gasteiger partial charge in [0.15, 0.2) is 15.5 Å². The second kappa shape index (κ2) is 5.20. The number of aromatic nitrogens is 2. The first-order chi connectivity index (χ1) is 10.4. The molecular weight excluding hydrogens is 311 g/mol. The summed E-state index contributed by atoms with van der Waals surface area (Å²) in [7, 11) is -3.13. The molecule has 0 spiro atoms. The fourth-order valence-electron chi connectivity index (χ4n) is 2.58. The minimum Gasteiger partial charge on any atom is -0.476 e. The number of carboxylic acid groups (broad SMARTS) is 1. The summed E-state index contributed by atoms with van der Waals surface area (Å²) in [6, 6.07) is 6.52. The first-order valence-corrected chi connectivity index (χ1v) is 8.47. The van der Waals surface area contributed by atoms with E-state index in [0.717, 1.165) is 0 Å². The van der Waals surface area contributed by atoms with E-state index in [1.165, 1.54) is 35.0 Å². The molecule has 116 valence electrons. The number of benzene rings is 1. The van der Waals surface area contributed by atoms with Crippen molar-refractivity contribution in [1.29, 1.82) is 0 Å². The van der Waals surface area contributed by atoms with E-state index in [9.17, 15) is 17.6 Å². The Morgan fingerprint density at radius 1 is 1.32 bits per heavy atom. The van der Waals surface area contributed by atoms with Crippen LogP contribution in [0.15, 0.2) is 30.3 Å². The van der Waals surface area contributed by atoms with Gasteiger partial charge in [-0.1, -0.05) is 0 Å². The van der Waals surface area contributed by atoms with Crippen LogP contribution in [0.2, 0.25) is 0 Å². The maximum Gasteiger partial charge on any atom is 0.356 e. The van der Waals surface area contributed by atoms with E-state index in [1.54, 1.807) is 0 Å². The molecular formula is C14H13FN2O4S. The molecule has 1 fully saturated rings. The standard InChI is InChI=1S/C14H13FN2O4S/c15-10-3-1-9(2-4-10)13-7-12(14(18)19)16-17(13)11-5-6-22(20,21)8-11/h1-4,7,11H,5-6,8H2,(H,18,19)/t11-/m1/s1. The average Bonchev–Trinajstić information content (AvgIpc) is 3.03. The molecule has 1 atom stereocenters. The SMILES string of the molecule is O=C(O)c1cc(-c2ccc(F)cc2)n([C@@H]2CCS(=O)(=O)C2)n1. The number of sulfone groups is 1. The highest BCUT2D eigenvalue weighted by atomic mass is 32.2. The van der Waals surface area contributed by atoms with Gasteiger partial charge in [-0.05, 0) is 36.8 Å². The van der Waals surface area contributed by atoms with Crippen LogP contribution in [0.5, 0.6) is 0 Å². The fraction of sp³-hybridized carbons (Fsp3) is 0.286. The molecule has 1 aliphatic rings. The van der Waals surface area contributed by atoms with Gasteiger partial charge in [0.05, 0.1) is 23.2 Å². The van der Waals surface area contributed by atoms with E-state index in [2.05, 4.69) is 5.10 Å². The molecule has 1 N–H and O–H groups in total. The second-order valence-corrected chi connectivity index (χ2v) is 7.46. The Kier molecular flexibility index (Phi) is 3.48. The summed E-state index contributed by atoms with van der Waals surface area (Å²) in [4.78, 5) is 11.1. The van der Waals surface area contributed by atoms with E-state index in [1.807, 2.05) is 0 Å². The first kappa shape index (κ1) is 14.7. The lowest BCUT2D eigenvalue weighted by molar-refractivity contribution is 0.0689. The van der Waals surface area contributed by atoms with Crippen molar-refractivity contribution in [2.24, 2.45) is 0 Å². The number of halogens is 1. The molecule has 2 heterocycles. The highest BCUT2D eigenvalue weighted by Gasteiger charge is 2.32. The summed E-state index contributed by atoms with van der Waals surface area (Å²) in [6.07, 6.45) is 0.386. The van der Waals surface area contributed by atoms with Crippen molar-refractivity contribution in [2.45, 2.75) is 12.5 Å². The fourth-order valence-corrected chi connectivity index (χ4v) is 4.27. The molecule has 3 rings (SSSR count). The molecule has 8 heteroatoms. The summed E-state index contributed by atoms with van der Waals surface area (Å²) in [5, 5.41) is 13.1. The van der Waals surface area contributed by atoms with Crippen molar-refractivity contribution >= 4 is 15.8 Å². The Morgan fingerprint density at radius 2 is 2.00 bits per heavy atom. The molecule has 22 heavy (non-hydrogen) atoms. The van der Waals surface area contributed by atoms with Gasteiger partial charge < -0.3 is 5.11 Å². The molecule has 1 aromatic carbocycles. The molecule has 0 amide bonds. The van der Waals surface area contributed by atoms with Gasteiger partial charge in [-0.2, -0.15) is 5.10 Å². The van der Waals surface area contributed by atoms with E-state index in [-0.39, 0.29) is 17.2 Å². The van der Waals surface area contributed by atoms with Crippen LogP contribution in [-0.2, 0) is 9.84 Å². The minimum absolute atomic E-state index is 0.0583. The van der Waals surface area contributed by atoms with Crippen molar-refractivity contribution < 1.29 is 22.7 Å². The van der Waals surface area contributed by atoms with E-state index >= 15 is 0 Å². The van der Waals surface area contributed by atoms with Gasteiger partial charge in [-0.25, -0.2) is 17.6 Å². The highest BCUT2D eigenvalue weighted by molar-refractivity contribution is 7.91. The summed E-state index contributed by atoms with van der Waals surface area (Å²) >= 11 is 0. The third-order valence-corrected chi connectivity index (χ3v) is 5.40. The molecule has 1 aliphatic heterocycles. The Balaban J connectivity index is 2.08. The zero-order chi connectivity index (χ0) is 15.9. The van der Waals surface area contributed by atoms with Crippen LogP contribution in [0.25, 0.3) is 11.3 Å². The van der Waals surface area contributed by atoms with E-state index < -0.39 is 27.7 Å². The Hall–Kier alpha value is -2.22. The Bertz CT molecular complexity index is 827. The number of aromatic carboxylic acids is 1. The van der Waals surface area contributed by atoms with Crippen LogP contribution in [0.3, 0.4) is 0 Å². The zero-order valence-electron chi connectivity index (χ0n) is 11.4. The van der Waals surface area contributed by atoms with Crippen LogP contribution in [-0.4, -0.2) is 40.8 Å². The predicted molar refractivity (Wildman–Crippen MR) is 76.9 cm³/mol. The quantitative estimate of drug-likeness (QED) is 0.929. The van der Waals surface area contributed by atoms with Crippen LogP contribution in [0, 0.1) is 5.82 Å². The number of hydrogen-bond donors (Lipinski definition) is 1. The maximum atomic E-state index is 13.0. The largest absolute Gasteiger partial charge is 0.476 e. The molecule has 1 aromatic heterocycles. The van der Waals surface area contributed by atoms with Crippen molar-refractivity contribution in [3.63, 3.8) is 0 Å². The predicted octanol–water partition coefficient (Wildman–Crippen LogP) is 1.75. The summed E-state index contributed by atoms with van der Waals surface area (Å²) in [5.41, 5.74) is 0.897. The summed E-state index contributed by atoms with van der Waals surface area (Å²) in [6.45, 7) is 0. The molecule has 0 saturated carbocycles. The number of carboxylic acids is 1. The number of hydrogen-bond acceptors (Lipinski definition) is 4. The van der Waals surface area contributed by atoms with Gasteiger partial charge in [0.25, 0.3) is 0 Å². The molecule has 0 bridgehead atoms. The van der Waals surface area contributed by atoms with Gasteiger partial charge in [0.2, 0.25) is 0 Å². The van der Waals surface area contributed by atoms with Crippen molar-refractivity contribution in [2.75, 3.05) is 11.5 Å². The van der Waals surface area contributed by atoms with Crippen molar-refractivity contribution in [1.82, 2.24) is 9.78 Å². The van der Waals surface area contributed by atoms with Crippen LogP contribution < -0.4 is 0 Å². The third-order valence-electron chi connectivity index (χ3n) is 3.65. The maximum absolute atomic E-state index is 13.0. The minimum atomic E-state index is -3.13. The molecule has 1 saturated heterocycles. The Morgan fingerprint density at radius 3 is 2.55 bits per heavy atom. The molecule has 0 aliphatic carbocycles. The smallest absolute Gasteiger partial charge is 0.356 e. The monoisotopic (exact) mass is 324 g/mol. The van der Waals surface area contributed by atoms with Gasteiger partial charge in [-0.3, -0.25) is 4.68 Å². The molecule has 0 unspecified atom stereocenters. The molecule has 2 aromatic rings. The highest BCUT2D eigenvalue weighted by Crippen LogP contribution is 2.30. The van der Waals surface area contributed by atoms with Crippen LogP contribution >= 0.6 is 0 Å². The average molecular weight is 324 g/mol. The topological polar surface area (TPSA) is 89.3 Å². The van der Waals surface area contributed by atoms with E-state index in [4.69, 9.17) is 5.11 Å². The lowest BCUT2D eigenvalue weighted by Crippen LogP contribution is -2.14. The van der Waals surface area contributed by atoms with Crippen molar-refractivity contribution in [3.05, 3.63) is 41.8 Å². The zero-order valence-corrected chi connectivity index (χ0v) is 12.3. The molecule has 6 nitrogen and oxygen atoms in total. The number of rotatable bonds is 3. The first-order valence-electron chi connectivity index (χ1n) is 6.65. The summed E-state index contributed by atoms with van der Waals surface area (Å²) < 4.78 is 37.8. The van der Waals surface area contributed by atoms with Gasteiger partial charge in [-0.15, -0.1) is 0 Å². The Labute approximate surface area is 126 Å². The second-order valence-electron chi connectivity index (χ2n) is 5.23. The normalized spacial score (nSPS) is 20.1. The van der Waals surface area contributed by atoms with Gasteiger partial charge >= 0.3 is 5.97 Å². The summed E-state index contributed by atoms with van der Waals surface area (Å²) in [5.74, 6) is -1.61. The van der Waals surface area contributed by atoms with Gasteiger partial charge in [0.1, 0.15) is 5.82 Å². The molecule has 0 radical (unpaired) electrons. The number of nitrogens with zero attached hydrogens (tertiary/aromatic N) is 2.